The van der Waals surface area contributed by atoms with Crippen molar-refractivity contribution in [3.8, 4) is 11.5 Å². The monoisotopic (exact) mass is 365 g/mol. The van der Waals surface area contributed by atoms with Crippen molar-refractivity contribution >= 4 is 11.2 Å². The second-order valence-electron chi connectivity index (χ2n) is 5.34. The van der Waals surface area contributed by atoms with E-state index in [1.807, 2.05) is 31.2 Å². The number of halogens is 1. The molecule has 0 heterocycles. The number of nitrogens with one attached hydrogen (secondary N) is 1. The highest BCUT2D eigenvalue weighted by molar-refractivity contribution is 7.91. The fraction of sp³-hybridized carbons (Fsp3) is 0.368. The van der Waals surface area contributed by atoms with Crippen LogP contribution >= 0.6 is 0 Å². The summed E-state index contributed by atoms with van der Waals surface area (Å²) in [6.07, 6.45) is 0.777. The molecule has 0 aliphatic rings. The van der Waals surface area contributed by atoms with Crippen molar-refractivity contribution in [1.82, 2.24) is 5.32 Å². The summed E-state index contributed by atoms with van der Waals surface area (Å²) in [5.41, 5.74) is 0. The molecule has 0 aliphatic carbocycles. The van der Waals surface area contributed by atoms with Crippen LogP contribution in [-0.2, 0) is 11.2 Å². The largest absolute Gasteiger partial charge is 0.611 e. The maximum atomic E-state index is 12.8. The Morgan fingerprint density at radius 1 is 1.00 bits per heavy atom. The molecule has 0 aromatic heterocycles. The van der Waals surface area contributed by atoms with E-state index in [1.165, 1.54) is 12.1 Å². The van der Waals surface area contributed by atoms with Crippen molar-refractivity contribution < 1.29 is 18.4 Å². The van der Waals surface area contributed by atoms with Crippen molar-refractivity contribution in [2.75, 3.05) is 32.1 Å². The van der Waals surface area contributed by atoms with Gasteiger partial charge in [-0.3, -0.25) is 0 Å². The first-order chi connectivity index (χ1) is 12.2. The molecule has 1 atom stereocenters. The summed E-state index contributed by atoms with van der Waals surface area (Å²) in [5, 5.41) is 3.26. The Bertz CT molecular complexity index is 624. The van der Waals surface area contributed by atoms with Crippen LogP contribution in [0.15, 0.2) is 53.4 Å². The fourth-order valence-electron chi connectivity index (χ4n) is 2.23. The Hall–Kier alpha value is -1.76. The van der Waals surface area contributed by atoms with E-state index in [1.54, 1.807) is 12.1 Å². The van der Waals surface area contributed by atoms with Crippen molar-refractivity contribution in [1.29, 1.82) is 0 Å². The van der Waals surface area contributed by atoms with Gasteiger partial charge in [0.1, 0.15) is 18.2 Å². The van der Waals surface area contributed by atoms with E-state index < -0.39 is 11.2 Å². The van der Waals surface area contributed by atoms with E-state index in [4.69, 9.17) is 9.47 Å². The van der Waals surface area contributed by atoms with Crippen LogP contribution in [0, 0.1) is 5.82 Å². The lowest BCUT2D eigenvalue weighted by Crippen LogP contribution is -2.24. The molecule has 6 heteroatoms. The van der Waals surface area contributed by atoms with Crippen LogP contribution in [0.1, 0.15) is 13.3 Å². The zero-order valence-electron chi connectivity index (χ0n) is 14.4. The van der Waals surface area contributed by atoms with Crippen LogP contribution in [0.3, 0.4) is 0 Å². The van der Waals surface area contributed by atoms with Crippen molar-refractivity contribution in [2.45, 2.75) is 18.2 Å². The van der Waals surface area contributed by atoms with Gasteiger partial charge in [0, 0.05) is 13.0 Å². The summed E-state index contributed by atoms with van der Waals surface area (Å²) in [5.74, 6) is 1.73. The molecule has 0 fully saturated rings. The maximum absolute atomic E-state index is 12.8. The van der Waals surface area contributed by atoms with Gasteiger partial charge in [0.15, 0.2) is 16.4 Å². The minimum atomic E-state index is -1.09. The third-order valence-corrected chi connectivity index (χ3v) is 4.90. The Balaban J connectivity index is 1.58. The van der Waals surface area contributed by atoms with Crippen LogP contribution in [0.25, 0.3) is 0 Å². The van der Waals surface area contributed by atoms with Gasteiger partial charge in [-0.2, -0.15) is 0 Å². The molecule has 1 N–H and O–H groups in total. The van der Waals surface area contributed by atoms with Gasteiger partial charge in [0.25, 0.3) is 0 Å². The molecule has 2 aromatic carbocycles. The number of hydrogen-bond acceptors (Lipinski definition) is 4. The standard InChI is InChI=1S/C19H24FNO3S/c1-2-23-18-6-3-4-7-19(18)24-14-13-21-12-5-15-25(22)17-10-8-16(20)9-11-17/h3-4,6-11,21H,2,5,12-15H2,1H3. The molecule has 2 aromatic rings. The van der Waals surface area contributed by atoms with Gasteiger partial charge < -0.3 is 19.3 Å². The summed E-state index contributed by atoms with van der Waals surface area (Å²) in [7, 11) is 0. The van der Waals surface area contributed by atoms with Gasteiger partial charge in [-0.15, -0.1) is 0 Å². The molecular formula is C19H24FNO3S. The highest BCUT2D eigenvalue weighted by atomic mass is 32.2. The molecule has 0 amide bonds. The van der Waals surface area contributed by atoms with Gasteiger partial charge in [0.2, 0.25) is 0 Å². The van der Waals surface area contributed by atoms with Gasteiger partial charge in [0.05, 0.1) is 6.61 Å². The average molecular weight is 365 g/mol. The molecule has 0 spiro atoms. The Kier molecular flexibility index (Phi) is 8.59. The molecule has 1 unspecified atom stereocenters. The van der Waals surface area contributed by atoms with E-state index in [0.717, 1.165) is 24.5 Å². The topological polar surface area (TPSA) is 53.5 Å². The first-order valence-electron chi connectivity index (χ1n) is 8.40. The lowest BCUT2D eigenvalue weighted by Gasteiger charge is -2.12. The average Bonchev–Trinajstić information content (AvgIpc) is 2.63. The van der Waals surface area contributed by atoms with Crippen LogP contribution in [0.5, 0.6) is 11.5 Å². The van der Waals surface area contributed by atoms with E-state index in [-0.39, 0.29) is 5.82 Å². The minimum Gasteiger partial charge on any atom is -0.611 e. The van der Waals surface area contributed by atoms with Gasteiger partial charge in [-0.1, -0.05) is 12.1 Å². The lowest BCUT2D eigenvalue weighted by atomic mass is 10.3. The molecule has 0 radical (unpaired) electrons. The molecule has 4 nitrogen and oxygen atoms in total. The van der Waals surface area contributed by atoms with Gasteiger partial charge in [-0.25, -0.2) is 4.39 Å². The third-order valence-electron chi connectivity index (χ3n) is 3.45. The van der Waals surface area contributed by atoms with E-state index in [9.17, 15) is 8.94 Å². The molecule has 136 valence electrons. The number of hydrogen-bond donors (Lipinski definition) is 1. The highest BCUT2D eigenvalue weighted by Gasteiger charge is 2.10. The Morgan fingerprint density at radius 3 is 2.36 bits per heavy atom. The van der Waals surface area contributed by atoms with Gasteiger partial charge in [-0.05, 0) is 61.0 Å². The summed E-state index contributed by atoms with van der Waals surface area (Å²) >= 11 is -1.09. The normalized spacial score (nSPS) is 12.0. The van der Waals surface area contributed by atoms with E-state index in [2.05, 4.69) is 5.32 Å². The number of ether oxygens (including phenoxy) is 2. The predicted molar refractivity (Wildman–Crippen MR) is 98.3 cm³/mol. The zero-order chi connectivity index (χ0) is 17.9. The summed E-state index contributed by atoms with van der Waals surface area (Å²) in [4.78, 5) is 0.664. The number of rotatable bonds is 11. The van der Waals surface area contributed by atoms with Crippen molar-refractivity contribution in [3.05, 3.63) is 54.3 Å². The quantitative estimate of drug-likeness (QED) is 0.490. The van der Waals surface area contributed by atoms with E-state index >= 15 is 0 Å². The Labute approximate surface area is 151 Å². The Morgan fingerprint density at radius 2 is 1.68 bits per heavy atom. The molecule has 0 bridgehead atoms. The summed E-state index contributed by atoms with van der Waals surface area (Å²) in [6.45, 7) is 4.52. The lowest BCUT2D eigenvalue weighted by molar-refractivity contribution is 0.276. The van der Waals surface area contributed by atoms with Crippen LogP contribution in [-0.4, -0.2) is 36.6 Å². The molecule has 0 aliphatic heterocycles. The smallest absolute Gasteiger partial charge is 0.161 e. The maximum Gasteiger partial charge on any atom is 0.161 e. The molecule has 0 saturated heterocycles. The zero-order valence-corrected chi connectivity index (χ0v) is 15.2. The SMILES string of the molecule is CCOc1ccccc1OCCNCCC[S+]([O-])c1ccc(F)cc1. The predicted octanol–water partition coefficient (Wildman–Crippen LogP) is 3.39. The first kappa shape index (κ1) is 19.6. The minimum absolute atomic E-state index is 0.312. The van der Waals surface area contributed by atoms with E-state index in [0.29, 0.717) is 30.4 Å². The molecular weight excluding hydrogens is 341 g/mol. The number of benzene rings is 2. The highest BCUT2D eigenvalue weighted by Crippen LogP contribution is 2.26. The third kappa shape index (κ3) is 6.94. The second-order valence-corrected chi connectivity index (χ2v) is 6.91. The summed E-state index contributed by atoms with van der Waals surface area (Å²) < 4.78 is 36.1. The molecule has 25 heavy (non-hydrogen) atoms. The first-order valence-corrected chi connectivity index (χ1v) is 9.72. The van der Waals surface area contributed by atoms with Gasteiger partial charge >= 0.3 is 0 Å². The fourth-order valence-corrected chi connectivity index (χ4v) is 3.32. The van der Waals surface area contributed by atoms with Crippen LogP contribution in [0.2, 0.25) is 0 Å². The molecule has 2 rings (SSSR count). The number of para-hydroxylation sites is 2. The summed E-state index contributed by atoms with van der Waals surface area (Å²) in [6, 6.07) is 13.4. The molecule has 0 saturated carbocycles. The second kappa shape index (κ2) is 11.0. The van der Waals surface area contributed by atoms with Crippen LogP contribution < -0.4 is 14.8 Å². The van der Waals surface area contributed by atoms with Crippen LogP contribution in [0.4, 0.5) is 4.39 Å². The van der Waals surface area contributed by atoms with Crippen molar-refractivity contribution in [3.63, 3.8) is 0 Å². The van der Waals surface area contributed by atoms with Crippen molar-refractivity contribution in [2.24, 2.45) is 0 Å².